The maximum Gasteiger partial charge on any atom is 0.418 e. The first-order chi connectivity index (χ1) is 19.0. The lowest BCUT2D eigenvalue weighted by molar-refractivity contribution is -0.136. The number of methoxy groups -OCH3 is 1. The molecule has 1 fully saturated rings. The standard InChI is InChI=1S/C26H24F5N7O2/c1-13(14-3-5-16(27)6-4-14)37-10-19(28)20(11-37)36-24(39)17-7-15(9-33-25(17)40-2)21-8-18(26(29,30)31)22-23(32)34-12-35-38(21)22/h3-9,12-13,19-20H,10-11H2,1-2H3,(H,36,39)(H2,32,34,35)/t13?,19-,20+/m0/s1. The Bertz CT molecular complexity index is 1560. The van der Waals surface area contributed by atoms with Crippen molar-refractivity contribution in [2.24, 2.45) is 0 Å². The first kappa shape index (κ1) is 27.2. The Balaban J connectivity index is 1.43. The minimum absolute atomic E-state index is 0.0378. The molecule has 3 atom stereocenters. The fourth-order valence-corrected chi connectivity index (χ4v) is 4.85. The number of likely N-dealkylation sites (tertiary alicyclic amines) is 1. The number of anilines is 1. The number of carbonyl (C=O) groups excluding carboxylic acids is 1. The maximum atomic E-state index is 15.0. The van der Waals surface area contributed by atoms with Crippen LogP contribution < -0.4 is 15.8 Å². The predicted octanol–water partition coefficient (Wildman–Crippen LogP) is 4.05. The molecule has 1 saturated heterocycles. The van der Waals surface area contributed by atoms with E-state index in [1.54, 1.807) is 12.1 Å². The van der Waals surface area contributed by atoms with E-state index < -0.39 is 35.4 Å². The summed E-state index contributed by atoms with van der Waals surface area (Å²) in [6.45, 7) is 2.07. The van der Waals surface area contributed by atoms with Crippen LogP contribution in [0, 0.1) is 5.82 Å². The van der Waals surface area contributed by atoms with Gasteiger partial charge in [0.15, 0.2) is 5.82 Å². The van der Waals surface area contributed by atoms with Crippen molar-refractivity contribution in [3.8, 4) is 17.1 Å². The normalized spacial score (nSPS) is 18.7. The van der Waals surface area contributed by atoms with Crippen molar-refractivity contribution in [1.82, 2.24) is 29.8 Å². The summed E-state index contributed by atoms with van der Waals surface area (Å²) in [5.74, 6) is -1.57. The molecule has 0 radical (unpaired) electrons. The first-order valence-electron chi connectivity index (χ1n) is 12.2. The minimum atomic E-state index is -4.75. The van der Waals surface area contributed by atoms with Crippen molar-refractivity contribution >= 4 is 17.2 Å². The highest BCUT2D eigenvalue weighted by Crippen LogP contribution is 2.39. The van der Waals surface area contributed by atoms with E-state index in [1.807, 2.05) is 11.8 Å². The summed E-state index contributed by atoms with van der Waals surface area (Å²) in [5.41, 5.74) is 4.99. The zero-order valence-electron chi connectivity index (χ0n) is 21.3. The molecule has 0 saturated carbocycles. The van der Waals surface area contributed by atoms with Gasteiger partial charge in [0.1, 0.15) is 29.4 Å². The third-order valence-corrected chi connectivity index (χ3v) is 6.97. The lowest BCUT2D eigenvalue weighted by Crippen LogP contribution is -2.41. The Morgan fingerprint density at radius 1 is 1.18 bits per heavy atom. The van der Waals surface area contributed by atoms with Gasteiger partial charge in [0, 0.05) is 30.9 Å². The fourth-order valence-electron chi connectivity index (χ4n) is 4.85. The summed E-state index contributed by atoms with van der Waals surface area (Å²) >= 11 is 0. The monoisotopic (exact) mass is 561 g/mol. The molecule has 40 heavy (non-hydrogen) atoms. The van der Waals surface area contributed by atoms with E-state index in [0.717, 1.165) is 22.5 Å². The second-order valence-corrected chi connectivity index (χ2v) is 9.40. The molecule has 14 heteroatoms. The number of aromatic nitrogens is 4. The SMILES string of the molecule is COc1ncc(-c2cc(C(F)(F)F)c3c(N)ncnn23)cc1C(=O)N[C@@H]1CN(C(C)c2ccc(F)cc2)C[C@@H]1F. The number of nitrogen functional groups attached to an aromatic ring is 1. The highest BCUT2D eigenvalue weighted by molar-refractivity contribution is 5.98. The van der Waals surface area contributed by atoms with Crippen LogP contribution in [0.1, 0.15) is 34.5 Å². The molecular weight excluding hydrogens is 537 g/mol. The maximum absolute atomic E-state index is 15.0. The average Bonchev–Trinajstić information content (AvgIpc) is 3.50. The Hall–Kier alpha value is -4.33. The number of benzene rings is 1. The van der Waals surface area contributed by atoms with E-state index in [2.05, 4.69) is 20.4 Å². The molecular formula is C26H24F5N7O2. The molecule has 1 aliphatic heterocycles. The Morgan fingerprint density at radius 3 is 2.58 bits per heavy atom. The number of pyridine rings is 1. The van der Waals surface area contributed by atoms with Crippen molar-refractivity contribution in [2.45, 2.75) is 31.4 Å². The van der Waals surface area contributed by atoms with Crippen LogP contribution in [-0.4, -0.2) is 62.8 Å². The third-order valence-electron chi connectivity index (χ3n) is 6.97. The Labute approximate surface area is 224 Å². The second-order valence-electron chi connectivity index (χ2n) is 9.40. The number of ether oxygens (including phenoxy) is 1. The average molecular weight is 562 g/mol. The third kappa shape index (κ3) is 5.01. The molecule has 0 bridgehead atoms. The molecule has 210 valence electrons. The molecule has 3 N–H and O–H groups in total. The number of carbonyl (C=O) groups is 1. The molecule has 1 unspecified atom stereocenters. The predicted molar refractivity (Wildman–Crippen MR) is 135 cm³/mol. The van der Waals surface area contributed by atoms with Crippen LogP contribution in [0.15, 0.2) is 48.9 Å². The van der Waals surface area contributed by atoms with Crippen molar-refractivity contribution in [3.63, 3.8) is 0 Å². The van der Waals surface area contributed by atoms with Crippen LogP contribution in [0.25, 0.3) is 16.8 Å². The number of nitrogens with zero attached hydrogens (tertiary/aromatic N) is 5. The smallest absolute Gasteiger partial charge is 0.418 e. The summed E-state index contributed by atoms with van der Waals surface area (Å²) in [4.78, 5) is 22.9. The summed E-state index contributed by atoms with van der Waals surface area (Å²) in [7, 11) is 1.28. The van der Waals surface area contributed by atoms with Gasteiger partial charge in [0.05, 0.1) is 24.4 Å². The lowest BCUT2D eigenvalue weighted by Gasteiger charge is -2.24. The zero-order valence-corrected chi connectivity index (χ0v) is 21.3. The molecule has 4 heterocycles. The van der Waals surface area contributed by atoms with Gasteiger partial charge in [-0.2, -0.15) is 18.3 Å². The number of halogens is 5. The van der Waals surface area contributed by atoms with Gasteiger partial charge in [-0.15, -0.1) is 0 Å². The largest absolute Gasteiger partial charge is 0.480 e. The molecule has 1 aliphatic rings. The quantitative estimate of drug-likeness (QED) is 0.342. The van der Waals surface area contributed by atoms with Gasteiger partial charge in [0.25, 0.3) is 5.91 Å². The lowest BCUT2D eigenvalue weighted by atomic mass is 10.1. The molecule has 4 aromatic rings. The van der Waals surface area contributed by atoms with Gasteiger partial charge >= 0.3 is 6.18 Å². The van der Waals surface area contributed by atoms with Crippen LogP contribution in [0.4, 0.5) is 27.8 Å². The number of fused-ring (bicyclic) bond motifs is 1. The van der Waals surface area contributed by atoms with E-state index in [1.165, 1.54) is 31.5 Å². The number of nitrogens with two attached hydrogens (primary N) is 1. The number of hydrogen-bond acceptors (Lipinski definition) is 7. The number of rotatable bonds is 6. The Kier molecular flexibility index (Phi) is 7.04. The van der Waals surface area contributed by atoms with E-state index >= 15 is 4.39 Å². The first-order valence-corrected chi connectivity index (χ1v) is 12.2. The summed E-state index contributed by atoms with van der Waals surface area (Å²) in [6.07, 6.45) is -3.91. The minimum Gasteiger partial charge on any atom is -0.480 e. The van der Waals surface area contributed by atoms with Crippen LogP contribution >= 0.6 is 0 Å². The summed E-state index contributed by atoms with van der Waals surface area (Å²) < 4.78 is 75.7. The molecule has 0 aliphatic carbocycles. The summed E-state index contributed by atoms with van der Waals surface area (Å²) in [6, 6.07) is 6.91. The van der Waals surface area contributed by atoms with E-state index in [4.69, 9.17) is 10.5 Å². The molecule has 3 aromatic heterocycles. The van der Waals surface area contributed by atoms with Crippen molar-refractivity contribution < 1.29 is 31.5 Å². The topological polar surface area (TPSA) is 111 Å². The molecule has 5 rings (SSSR count). The highest BCUT2D eigenvalue weighted by atomic mass is 19.4. The van der Waals surface area contributed by atoms with Crippen LogP contribution in [0.3, 0.4) is 0 Å². The van der Waals surface area contributed by atoms with Crippen molar-refractivity contribution in [2.75, 3.05) is 25.9 Å². The van der Waals surface area contributed by atoms with Gasteiger partial charge in [0.2, 0.25) is 5.88 Å². The Morgan fingerprint density at radius 2 is 1.90 bits per heavy atom. The van der Waals surface area contributed by atoms with Crippen molar-refractivity contribution in [3.05, 3.63) is 71.4 Å². The van der Waals surface area contributed by atoms with Crippen molar-refractivity contribution in [1.29, 1.82) is 0 Å². The van der Waals surface area contributed by atoms with Crippen LogP contribution in [-0.2, 0) is 6.18 Å². The van der Waals surface area contributed by atoms with E-state index in [9.17, 15) is 22.4 Å². The van der Waals surface area contributed by atoms with Crippen LogP contribution in [0.5, 0.6) is 5.88 Å². The van der Waals surface area contributed by atoms with Crippen LogP contribution in [0.2, 0.25) is 0 Å². The van der Waals surface area contributed by atoms with Gasteiger partial charge in [-0.05, 0) is 36.8 Å². The molecule has 0 spiro atoms. The van der Waals surface area contributed by atoms with Gasteiger partial charge in [-0.1, -0.05) is 12.1 Å². The number of hydrogen-bond donors (Lipinski definition) is 2. The molecule has 9 nitrogen and oxygen atoms in total. The number of alkyl halides is 4. The zero-order chi connectivity index (χ0) is 28.8. The van der Waals surface area contributed by atoms with Gasteiger partial charge in [-0.3, -0.25) is 9.69 Å². The highest BCUT2D eigenvalue weighted by Gasteiger charge is 2.38. The number of nitrogens with one attached hydrogen (secondary N) is 1. The number of amides is 1. The van der Waals surface area contributed by atoms with Gasteiger partial charge < -0.3 is 15.8 Å². The molecule has 1 aromatic carbocycles. The second kappa shape index (κ2) is 10.3. The van der Waals surface area contributed by atoms with E-state index in [-0.39, 0.29) is 53.5 Å². The van der Waals surface area contributed by atoms with Gasteiger partial charge in [-0.25, -0.2) is 23.3 Å². The van der Waals surface area contributed by atoms with E-state index in [0.29, 0.717) is 0 Å². The summed E-state index contributed by atoms with van der Waals surface area (Å²) in [5, 5.41) is 6.56. The fraction of sp³-hybridized carbons (Fsp3) is 0.308. The molecule has 1 amide bonds.